The molecule has 2 aromatic heterocycles. The summed E-state index contributed by atoms with van der Waals surface area (Å²) in [5.41, 5.74) is 14.5. The third-order valence-electron chi connectivity index (χ3n) is 6.04. The first-order chi connectivity index (χ1) is 16.1. The Morgan fingerprint density at radius 1 is 1.15 bits per heavy atom. The number of aromatic nitrogens is 3. The summed E-state index contributed by atoms with van der Waals surface area (Å²) in [6, 6.07) is 5.90. The maximum absolute atomic E-state index is 11.7. The van der Waals surface area contributed by atoms with Gasteiger partial charge in [0.15, 0.2) is 5.82 Å². The molecule has 4 N–H and O–H groups in total. The van der Waals surface area contributed by atoms with Crippen LogP contribution >= 0.6 is 0 Å². The molecule has 1 fully saturated rings. The average Bonchev–Trinajstić information content (AvgIpc) is 3.39. The van der Waals surface area contributed by atoms with Gasteiger partial charge in [-0.1, -0.05) is 0 Å². The van der Waals surface area contributed by atoms with Crippen LogP contribution in [-0.2, 0) is 22.7 Å². The largest absolute Gasteiger partial charge is 0.493 e. The molecule has 0 bridgehead atoms. The normalized spacial score (nSPS) is 14.1. The fraction of sp³-hybridized carbons (Fsp3) is 0.542. The summed E-state index contributed by atoms with van der Waals surface area (Å²) in [7, 11) is 0. The topological polar surface area (TPSA) is 122 Å². The number of benzene rings is 1. The van der Waals surface area contributed by atoms with Gasteiger partial charge in [0.2, 0.25) is 5.91 Å². The van der Waals surface area contributed by atoms with Crippen LogP contribution in [0.2, 0.25) is 0 Å². The fourth-order valence-corrected chi connectivity index (χ4v) is 4.37. The Labute approximate surface area is 194 Å². The lowest BCUT2D eigenvalue weighted by atomic mass is 10.1. The van der Waals surface area contributed by atoms with Gasteiger partial charge in [-0.3, -0.25) is 4.79 Å². The molecule has 9 nitrogen and oxygen atoms in total. The van der Waals surface area contributed by atoms with Gasteiger partial charge in [-0.05, 0) is 51.3 Å². The maximum atomic E-state index is 11.7. The number of hydrogen-bond donors (Lipinski definition) is 2. The molecule has 1 saturated heterocycles. The Bertz CT molecular complexity index is 1110. The minimum Gasteiger partial charge on any atom is -0.493 e. The van der Waals surface area contributed by atoms with Gasteiger partial charge in [-0.15, -0.1) is 0 Å². The molecule has 9 heteroatoms. The zero-order valence-electron chi connectivity index (χ0n) is 19.4. The van der Waals surface area contributed by atoms with Gasteiger partial charge in [0.25, 0.3) is 0 Å². The molecule has 0 aliphatic carbocycles. The lowest BCUT2D eigenvalue weighted by Gasteiger charge is -2.15. The third kappa shape index (κ3) is 5.20. The van der Waals surface area contributed by atoms with Gasteiger partial charge in [0, 0.05) is 44.1 Å². The highest BCUT2D eigenvalue weighted by Crippen LogP contribution is 2.31. The number of nitrogens with zero attached hydrogens (tertiary/aromatic N) is 4. The van der Waals surface area contributed by atoms with Crippen LogP contribution in [0, 0.1) is 0 Å². The number of pyridine rings is 1. The van der Waals surface area contributed by atoms with Gasteiger partial charge in [0.05, 0.1) is 17.6 Å². The Kier molecular flexibility index (Phi) is 7.61. The summed E-state index contributed by atoms with van der Waals surface area (Å²) >= 11 is 0. The molecule has 0 atom stereocenters. The molecule has 0 radical (unpaired) electrons. The van der Waals surface area contributed by atoms with Crippen molar-refractivity contribution in [2.75, 3.05) is 38.6 Å². The van der Waals surface area contributed by atoms with E-state index in [0.717, 1.165) is 73.3 Å². The van der Waals surface area contributed by atoms with Gasteiger partial charge >= 0.3 is 0 Å². The molecule has 1 aromatic carbocycles. The number of nitrogens with two attached hydrogens (primary N) is 2. The van der Waals surface area contributed by atoms with E-state index in [2.05, 4.69) is 9.55 Å². The van der Waals surface area contributed by atoms with E-state index in [9.17, 15) is 4.79 Å². The maximum Gasteiger partial charge on any atom is 0.222 e. The van der Waals surface area contributed by atoms with Crippen molar-refractivity contribution in [1.29, 1.82) is 0 Å². The zero-order chi connectivity index (χ0) is 23.2. The molecule has 0 unspecified atom stereocenters. The summed E-state index contributed by atoms with van der Waals surface area (Å²) in [5.74, 6) is 2.24. The summed E-state index contributed by atoms with van der Waals surface area (Å²) in [6.45, 7) is 6.61. The predicted octanol–water partition coefficient (Wildman–Crippen LogP) is 2.83. The highest BCUT2D eigenvalue weighted by atomic mass is 16.5. The fourth-order valence-electron chi connectivity index (χ4n) is 4.37. The number of imidazole rings is 1. The molecule has 3 heterocycles. The number of rotatable bonds is 12. The van der Waals surface area contributed by atoms with Crippen molar-refractivity contribution in [3.8, 4) is 5.75 Å². The number of likely N-dealkylation sites (tertiary alicyclic amines) is 1. The van der Waals surface area contributed by atoms with Crippen molar-refractivity contribution in [2.45, 2.75) is 52.2 Å². The summed E-state index contributed by atoms with van der Waals surface area (Å²) in [4.78, 5) is 23.0. The SMILES string of the molecule is CCOCc1nc2c(N)nc3cc(OCCCN4CCCC4=O)ccc3c2n1CCCCN. The van der Waals surface area contributed by atoms with E-state index in [1.54, 1.807) is 0 Å². The van der Waals surface area contributed by atoms with E-state index in [1.807, 2.05) is 30.0 Å². The van der Waals surface area contributed by atoms with Crippen LogP contribution in [-0.4, -0.2) is 58.2 Å². The lowest BCUT2D eigenvalue weighted by Crippen LogP contribution is -2.26. The van der Waals surface area contributed by atoms with E-state index >= 15 is 0 Å². The summed E-state index contributed by atoms with van der Waals surface area (Å²) in [5, 5.41) is 0.984. The Morgan fingerprint density at radius 2 is 2.03 bits per heavy atom. The lowest BCUT2D eigenvalue weighted by molar-refractivity contribution is -0.127. The monoisotopic (exact) mass is 454 g/mol. The molecule has 0 saturated carbocycles. The number of nitrogen functional groups attached to an aromatic ring is 1. The number of carbonyl (C=O) groups excluding carboxylic acids is 1. The number of carbonyl (C=O) groups is 1. The van der Waals surface area contributed by atoms with Crippen molar-refractivity contribution in [3.05, 3.63) is 24.0 Å². The number of anilines is 1. The van der Waals surface area contributed by atoms with Crippen molar-refractivity contribution in [1.82, 2.24) is 19.4 Å². The molecular weight excluding hydrogens is 420 g/mol. The molecule has 1 aliphatic rings. The molecule has 0 spiro atoms. The van der Waals surface area contributed by atoms with Crippen LogP contribution in [0.1, 0.15) is 44.9 Å². The predicted molar refractivity (Wildman–Crippen MR) is 129 cm³/mol. The molecule has 1 aliphatic heterocycles. The Balaban J connectivity index is 1.57. The Hall–Kier alpha value is -2.91. The zero-order valence-corrected chi connectivity index (χ0v) is 19.4. The third-order valence-corrected chi connectivity index (χ3v) is 6.04. The average molecular weight is 455 g/mol. The van der Waals surface area contributed by atoms with Crippen LogP contribution in [0.4, 0.5) is 5.82 Å². The number of ether oxygens (including phenoxy) is 2. The quantitative estimate of drug-likeness (QED) is 0.404. The first kappa shape index (κ1) is 23.3. The Morgan fingerprint density at radius 3 is 2.79 bits per heavy atom. The van der Waals surface area contributed by atoms with Crippen LogP contribution in [0.25, 0.3) is 21.9 Å². The van der Waals surface area contributed by atoms with E-state index in [0.29, 0.717) is 44.1 Å². The first-order valence-corrected chi connectivity index (χ1v) is 11.9. The molecule has 4 rings (SSSR count). The number of unbranched alkanes of at least 4 members (excludes halogenated alkanes) is 1. The number of fused-ring (bicyclic) bond motifs is 3. The summed E-state index contributed by atoms with van der Waals surface area (Å²) < 4.78 is 13.8. The van der Waals surface area contributed by atoms with Crippen LogP contribution < -0.4 is 16.2 Å². The molecule has 33 heavy (non-hydrogen) atoms. The summed E-state index contributed by atoms with van der Waals surface area (Å²) in [6.07, 6.45) is 4.31. The van der Waals surface area contributed by atoms with Gasteiger partial charge < -0.3 is 30.4 Å². The van der Waals surface area contributed by atoms with Gasteiger partial charge in [-0.2, -0.15) is 0 Å². The highest BCUT2D eigenvalue weighted by molar-refractivity contribution is 6.06. The molecular formula is C24H34N6O3. The van der Waals surface area contributed by atoms with E-state index in [1.165, 1.54) is 0 Å². The van der Waals surface area contributed by atoms with E-state index in [4.69, 9.17) is 25.9 Å². The van der Waals surface area contributed by atoms with Crippen LogP contribution in [0.5, 0.6) is 5.75 Å². The van der Waals surface area contributed by atoms with Crippen molar-refractivity contribution < 1.29 is 14.3 Å². The van der Waals surface area contributed by atoms with Crippen LogP contribution in [0.3, 0.4) is 0 Å². The van der Waals surface area contributed by atoms with Gasteiger partial charge in [-0.25, -0.2) is 9.97 Å². The molecule has 178 valence electrons. The van der Waals surface area contributed by atoms with E-state index < -0.39 is 0 Å². The second-order valence-electron chi connectivity index (χ2n) is 8.37. The second kappa shape index (κ2) is 10.8. The van der Waals surface area contributed by atoms with Crippen molar-refractivity contribution >= 4 is 33.7 Å². The van der Waals surface area contributed by atoms with E-state index in [-0.39, 0.29) is 5.91 Å². The van der Waals surface area contributed by atoms with Crippen LogP contribution in [0.15, 0.2) is 18.2 Å². The molecule has 3 aromatic rings. The standard InChI is InChI=1S/C24H34N6O3/c1-2-32-16-20-28-22-23(30(20)13-4-3-10-25)18-9-8-17(15-19(18)27-24(22)26)33-14-6-12-29-11-5-7-21(29)31/h8-9,15H,2-7,10-14,16,25H2,1H3,(H2,26,27). The first-order valence-electron chi connectivity index (χ1n) is 11.9. The van der Waals surface area contributed by atoms with Crippen molar-refractivity contribution in [2.24, 2.45) is 5.73 Å². The minimum absolute atomic E-state index is 0.246. The second-order valence-corrected chi connectivity index (χ2v) is 8.37. The van der Waals surface area contributed by atoms with Gasteiger partial charge in [0.1, 0.15) is 23.7 Å². The minimum atomic E-state index is 0.246. The smallest absolute Gasteiger partial charge is 0.222 e. The number of hydrogen-bond acceptors (Lipinski definition) is 7. The highest BCUT2D eigenvalue weighted by Gasteiger charge is 2.20. The number of amides is 1. The van der Waals surface area contributed by atoms with Crippen molar-refractivity contribution in [3.63, 3.8) is 0 Å². The number of aryl methyl sites for hydroxylation is 1. The molecule has 1 amide bonds.